The van der Waals surface area contributed by atoms with E-state index < -0.39 is 6.10 Å². The lowest BCUT2D eigenvalue weighted by molar-refractivity contribution is -0.120. The molecular formula is C13H20ClN3O2. The molecule has 106 valence electrons. The molecular weight excluding hydrogens is 266 g/mol. The molecule has 0 radical (unpaired) electrons. The molecule has 1 aromatic rings. The van der Waals surface area contributed by atoms with Crippen molar-refractivity contribution in [1.82, 2.24) is 10.3 Å². The van der Waals surface area contributed by atoms with Gasteiger partial charge < -0.3 is 15.3 Å². The number of hydrogen-bond acceptors (Lipinski definition) is 4. The summed E-state index contributed by atoms with van der Waals surface area (Å²) in [5, 5.41) is 12.8. The van der Waals surface area contributed by atoms with Gasteiger partial charge in [0.2, 0.25) is 5.91 Å². The van der Waals surface area contributed by atoms with Crippen LogP contribution in [0, 0.1) is 0 Å². The average molecular weight is 286 g/mol. The molecule has 0 aliphatic rings. The molecule has 0 fully saturated rings. The Hall–Kier alpha value is -1.33. The van der Waals surface area contributed by atoms with Crippen molar-refractivity contribution in [3.63, 3.8) is 0 Å². The zero-order valence-electron chi connectivity index (χ0n) is 11.3. The standard InChI is InChI=1S/C13H20ClN3O2/c1-3-4-11(18)8-16-13(19)9-17(2)12-6-5-10(14)7-15-12/h5-7,11,18H,3-4,8-9H2,1-2H3,(H,16,19). The fourth-order valence-electron chi connectivity index (χ4n) is 1.61. The highest BCUT2D eigenvalue weighted by Gasteiger charge is 2.10. The Morgan fingerprint density at radius 2 is 2.32 bits per heavy atom. The van der Waals surface area contributed by atoms with Crippen molar-refractivity contribution in [1.29, 1.82) is 0 Å². The molecule has 0 saturated heterocycles. The largest absolute Gasteiger partial charge is 0.391 e. The van der Waals surface area contributed by atoms with E-state index >= 15 is 0 Å². The van der Waals surface area contributed by atoms with Crippen LogP contribution < -0.4 is 10.2 Å². The number of pyridine rings is 1. The molecule has 1 unspecified atom stereocenters. The summed E-state index contributed by atoms with van der Waals surface area (Å²) in [7, 11) is 1.78. The number of halogens is 1. The van der Waals surface area contributed by atoms with Gasteiger partial charge in [0.1, 0.15) is 5.82 Å². The topological polar surface area (TPSA) is 65.5 Å². The Morgan fingerprint density at radius 1 is 1.58 bits per heavy atom. The maximum Gasteiger partial charge on any atom is 0.239 e. The van der Waals surface area contributed by atoms with E-state index in [2.05, 4.69) is 10.3 Å². The predicted octanol–water partition coefficient (Wildman–Crippen LogP) is 1.45. The third-order valence-electron chi connectivity index (χ3n) is 2.64. The molecule has 5 nitrogen and oxygen atoms in total. The number of nitrogens with zero attached hydrogens (tertiary/aromatic N) is 2. The number of anilines is 1. The summed E-state index contributed by atoms with van der Waals surface area (Å²) < 4.78 is 0. The maximum absolute atomic E-state index is 11.7. The molecule has 0 aliphatic heterocycles. The van der Waals surface area contributed by atoms with Crippen LogP contribution in [-0.4, -0.2) is 42.2 Å². The van der Waals surface area contributed by atoms with Crippen LogP contribution in [0.15, 0.2) is 18.3 Å². The number of carbonyl (C=O) groups is 1. The molecule has 0 saturated carbocycles. The van der Waals surface area contributed by atoms with Gasteiger partial charge >= 0.3 is 0 Å². The first-order valence-electron chi connectivity index (χ1n) is 6.30. The van der Waals surface area contributed by atoms with E-state index in [1.165, 1.54) is 6.20 Å². The number of hydrogen-bond donors (Lipinski definition) is 2. The van der Waals surface area contributed by atoms with E-state index in [1.54, 1.807) is 24.1 Å². The minimum atomic E-state index is -0.479. The lowest BCUT2D eigenvalue weighted by Gasteiger charge is -2.18. The molecule has 1 aromatic heterocycles. The van der Waals surface area contributed by atoms with Gasteiger partial charge in [-0.3, -0.25) is 4.79 Å². The number of carbonyl (C=O) groups excluding carboxylic acids is 1. The van der Waals surface area contributed by atoms with Crippen LogP contribution in [0.5, 0.6) is 0 Å². The first-order valence-corrected chi connectivity index (χ1v) is 6.68. The first-order chi connectivity index (χ1) is 9.02. The van der Waals surface area contributed by atoms with Gasteiger partial charge in [0.05, 0.1) is 17.7 Å². The summed E-state index contributed by atoms with van der Waals surface area (Å²) in [5.41, 5.74) is 0. The summed E-state index contributed by atoms with van der Waals surface area (Å²) in [6.45, 7) is 2.47. The molecule has 1 atom stereocenters. The quantitative estimate of drug-likeness (QED) is 0.796. The smallest absolute Gasteiger partial charge is 0.239 e. The van der Waals surface area contributed by atoms with E-state index in [1.807, 2.05) is 6.92 Å². The molecule has 0 aromatic carbocycles. The highest BCUT2D eigenvalue weighted by atomic mass is 35.5. The fourth-order valence-corrected chi connectivity index (χ4v) is 1.72. The number of likely N-dealkylation sites (N-methyl/N-ethyl adjacent to an activating group) is 1. The van der Waals surface area contributed by atoms with Crippen LogP contribution in [-0.2, 0) is 4.79 Å². The van der Waals surface area contributed by atoms with Crippen LogP contribution in [0.4, 0.5) is 5.82 Å². The number of aromatic nitrogens is 1. The average Bonchev–Trinajstić information content (AvgIpc) is 2.37. The van der Waals surface area contributed by atoms with Crippen molar-refractivity contribution in [2.45, 2.75) is 25.9 Å². The van der Waals surface area contributed by atoms with Gasteiger partial charge in [0.15, 0.2) is 0 Å². The molecule has 19 heavy (non-hydrogen) atoms. The Kier molecular flexibility index (Phi) is 6.59. The minimum Gasteiger partial charge on any atom is -0.391 e. The van der Waals surface area contributed by atoms with Gasteiger partial charge in [-0.15, -0.1) is 0 Å². The van der Waals surface area contributed by atoms with Crippen LogP contribution >= 0.6 is 11.6 Å². The highest BCUT2D eigenvalue weighted by molar-refractivity contribution is 6.30. The van der Waals surface area contributed by atoms with Crippen molar-refractivity contribution < 1.29 is 9.90 Å². The number of aliphatic hydroxyl groups is 1. The summed E-state index contributed by atoms with van der Waals surface area (Å²) in [6, 6.07) is 3.48. The molecule has 6 heteroatoms. The third-order valence-corrected chi connectivity index (χ3v) is 2.86. The Morgan fingerprint density at radius 3 is 2.89 bits per heavy atom. The number of amides is 1. The molecule has 1 rings (SSSR count). The highest BCUT2D eigenvalue weighted by Crippen LogP contribution is 2.12. The SMILES string of the molecule is CCCC(O)CNC(=O)CN(C)c1ccc(Cl)cn1. The molecule has 0 bridgehead atoms. The second-order valence-electron chi connectivity index (χ2n) is 4.44. The normalized spacial score (nSPS) is 12.0. The van der Waals surface area contributed by atoms with Crippen LogP contribution in [0.3, 0.4) is 0 Å². The number of nitrogens with one attached hydrogen (secondary N) is 1. The van der Waals surface area contributed by atoms with Gasteiger partial charge in [-0.1, -0.05) is 24.9 Å². The lowest BCUT2D eigenvalue weighted by atomic mass is 10.2. The van der Waals surface area contributed by atoms with Gasteiger partial charge in [0, 0.05) is 19.8 Å². The van der Waals surface area contributed by atoms with Crippen molar-refractivity contribution >= 4 is 23.3 Å². The Bertz CT molecular complexity index is 397. The summed E-state index contributed by atoms with van der Waals surface area (Å²) in [6.07, 6.45) is 2.64. The van der Waals surface area contributed by atoms with Gasteiger partial charge in [0.25, 0.3) is 0 Å². The molecule has 1 amide bonds. The fraction of sp³-hybridized carbons (Fsp3) is 0.538. The molecule has 0 aliphatic carbocycles. The van der Waals surface area contributed by atoms with E-state index in [-0.39, 0.29) is 19.0 Å². The Labute approximate surface area is 118 Å². The second-order valence-corrected chi connectivity index (χ2v) is 4.87. The number of aliphatic hydroxyl groups excluding tert-OH is 1. The van der Waals surface area contributed by atoms with Crippen molar-refractivity contribution in [3.8, 4) is 0 Å². The maximum atomic E-state index is 11.7. The summed E-state index contributed by atoms with van der Waals surface area (Å²) >= 11 is 5.75. The van der Waals surface area contributed by atoms with Gasteiger partial charge in [-0.05, 0) is 18.6 Å². The van der Waals surface area contributed by atoms with E-state index in [4.69, 9.17) is 11.6 Å². The van der Waals surface area contributed by atoms with E-state index in [9.17, 15) is 9.90 Å². The predicted molar refractivity (Wildman–Crippen MR) is 76.4 cm³/mol. The summed E-state index contributed by atoms with van der Waals surface area (Å²) in [5.74, 6) is 0.531. The third kappa shape index (κ3) is 5.89. The van der Waals surface area contributed by atoms with E-state index in [0.29, 0.717) is 17.3 Å². The van der Waals surface area contributed by atoms with Crippen molar-refractivity contribution in [2.24, 2.45) is 0 Å². The minimum absolute atomic E-state index is 0.144. The monoisotopic (exact) mass is 285 g/mol. The summed E-state index contributed by atoms with van der Waals surface area (Å²) in [4.78, 5) is 17.5. The molecule has 2 N–H and O–H groups in total. The lowest BCUT2D eigenvalue weighted by Crippen LogP contribution is -2.39. The van der Waals surface area contributed by atoms with Crippen molar-refractivity contribution in [3.05, 3.63) is 23.4 Å². The number of rotatable bonds is 7. The molecule has 1 heterocycles. The zero-order valence-corrected chi connectivity index (χ0v) is 12.0. The first kappa shape index (κ1) is 15.7. The van der Waals surface area contributed by atoms with Gasteiger partial charge in [-0.2, -0.15) is 0 Å². The van der Waals surface area contributed by atoms with Crippen LogP contribution in [0.25, 0.3) is 0 Å². The van der Waals surface area contributed by atoms with Gasteiger partial charge in [-0.25, -0.2) is 4.98 Å². The Balaban J connectivity index is 2.37. The van der Waals surface area contributed by atoms with Crippen molar-refractivity contribution in [2.75, 3.05) is 25.0 Å². The zero-order chi connectivity index (χ0) is 14.3. The van der Waals surface area contributed by atoms with Crippen LogP contribution in [0.2, 0.25) is 5.02 Å². The second kappa shape index (κ2) is 7.96. The molecule has 0 spiro atoms. The van der Waals surface area contributed by atoms with Crippen LogP contribution in [0.1, 0.15) is 19.8 Å². The van der Waals surface area contributed by atoms with E-state index in [0.717, 1.165) is 6.42 Å².